The first-order chi connectivity index (χ1) is 9.92. The molecule has 0 spiro atoms. The summed E-state index contributed by atoms with van der Waals surface area (Å²) in [7, 11) is -1.75. The first kappa shape index (κ1) is 16.2. The van der Waals surface area contributed by atoms with Crippen LogP contribution in [0.4, 0.5) is 5.82 Å². The van der Waals surface area contributed by atoms with Gasteiger partial charge in [-0.1, -0.05) is 0 Å². The van der Waals surface area contributed by atoms with E-state index in [1.165, 1.54) is 18.3 Å². The van der Waals surface area contributed by atoms with Crippen molar-refractivity contribution < 1.29 is 8.42 Å². The van der Waals surface area contributed by atoms with Crippen LogP contribution in [0.3, 0.4) is 0 Å². The molecule has 2 heterocycles. The quantitative estimate of drug-likeness (QED) is 0.824. The van der Waals surface area contributed by atoms with Crippen LogP contribution >= 0.6 is 0 Å². The first-order valence-corrected chi connectivity index (χ1v) is 8.78. The van der Waals surface area contributed by atoms with E-state index in [9.17, 15) is 8.42 Å². The minimum atomic E-state index is -3.47. The summed E-state index contributed by atoms with van der Waals surface area (Å²) in [5.74, 6) is 0.928. The van der Waals surface area contributed by atoms with Crippen molar-refractivity contribution in [2.24, 2.45) is 5.92 Å². The van der Waals surface area contributed by atoms with Crippen molar-refractivity contribution >= 4 is 15.8 Å². The molecule has 6 nitrogen and oxygen atoms in total. The third-order valence-electron chi connectivity index (χ3n) is 3.91. The molecule has 1 unspecified atom stereocenters. The molecule has 1 aromatic rings. The van der Waals surface area contributed by atoms with Gasteiger partial charge in [0.2, 0.25) is 10.0 Å². The summed E-state index contributed by atoms with van der Waals surface area (Å²) in [5, 5.41) is 2.84. The van der Waals surface area contributed by atoms with Crippen LogP contribution in [0.5, 0.6) is 0 Å². The number of nitrogens with zero attached hydrogens (tertiary/aromatic N) is 2. The van der Waals surface area contributed by atoms with E-state index in [1.54, 1.807) is 7.05 Å². The predicted molar refractivity (Wildman–Crippen MR) is 83.8 cm³/mol. The van der Waals surface area contributed by atoms with Gasteiger partial charge in [-0.05, 0) is 38.8 Å². The van der Waals surface area contributed by atoms with E-state index in [4.69, 9.17) is 0 Å². The van der Waals surface area contributed by atoms with Gasteiger partial charge in [0.15, 0.2) is 0 Å². The Bertz CT molecular complexity index is 574. The summed E-state index contributed by atoms with van der Waals surface area (Å²) < 4.78 is 27.3. The molecule has 0 amide bonds. The molecule has 21 heavy (non-hydrogen) atoms. The van der Waals surface area contributed by atoms with Crippen LogP contribution in [-0.4, -0.2) is 51.0 Å². The van der Waals surface area contributed by atoms with E-state index >= 15 is 0 Å². The number of sulfonamides is 1. The minimum Gasteiger partial charge on any atom is -0.373 e. The first-order valence-electron chi connectivity index (χ1n) is 7.30. The lowest BCUT2D eigenvalue weighted by Crippen LogP contribution is -2.33. The molecule has 7 heteroatoms. The minimum absolute atomic E-state index is 0.251. The van der Waals surface area contributed by atoms with Crippen LogP contribution in [-0.2, 0) is 10.0 Å². The van der Waals surface area contributed by atoms with Gasteiger partial charge >= 0.3 is 0 Å². The van der Waals surface area contributed by atoms with Crippen molar-refractivity contribution in [1.82, 2.24) is 14.6 Å². The summed E-state index contributed by atoms with van der Waals surface area (Å²) in [5.41, 5.74) is 0. The number of pyridine rings is 1. The lowest BCUT2D eigenvalue weighted by Gasteiger charge is -2.20. The Hall–Kier alpha value is -1.18. The third kappa shape index (κ3) is 4.15. The molecule has 1 aliphatic rings. The topological polar surface area (TPSA) is 74.3 Å². The highest BCUT2D eigenvalue weighted by Gasteiger charge is 2.25. The summed E-state index contributed by atoms with van der Waals surface area (Å²) in [6.45, 7) is 6.83. The zero-order valence-electron chi connectivity index (χ0n) is 12.8. The number of likely N-dealkylation sites (tertiary alicyclic amines) is 1. The third-order valence-corrected chi connectivity index (χ3v) is 5.33. The van der Waals surface area contributed by atoms with Crippen LogP contribution in [0.15, 0.2) is 23.2 Å². The highest BCUT2D eigenvalue weighted by molar-refractivity contribution is 7.89. The van der Waals surface area contributed by atoms with Gasteiger partial charge in [-0.3, -0.25) is 0 Å². The number of aromatic nitrogens is 1. The van der Waals surface area contributed by atoms with E-state index in [1.807, 2.05) is 0 Å². The Morgan fingerprint density at radius 3 is 2.86 bits per heavy atom. The fraction of sp³-hybridized carbons (Fsp3) is 0.643. The maximum Gasteiger partial charge on any atom is 0.240 e. The van der Waals surface area contributed by atoms with E-state index in [-0.39, 0.29) is 4.90 Å². The Kier molecular flexibility index (Phi) is 5.18. The van der Waals surface area contributed by atoms with Crippen molar-refractivity contribution in [3.63, 3.8) is 0 Å². The maximum atomic E-state index is 12.3. The highest BCUT2D eigenvalue weighted by Crippen LogP contribution is 2.19. The van der Waals surface area contributed by atoms with E-state index in [2.05, 4.69) is 33.8 Å². The van der Waals surface area contributed by atoms with Crippen molar-refractivity contribution in [2.75, 3.05) is 32.0 Å². The van der Waals surface area contributed by atoms with Gasteiger partial charge in [0.1, 0.15) is 5.82 Å². The van der Waals surface area contributed by atoms with Gasteiger partial charge in [-0.15, -0.1) is 0 Å². The van der Waals surface area contributed by atoms with Crippen LogP contribution in [0.1, 0.15) is 20.3 Å². The normalized spacial score (nSPS) is 20.1. The average molecular weight is 312 g/mol. The second-order valence-corrected chi connectivity index (χ2v) is 7.49. The molecule has 0 aromatic carbocycles. The second kappa shape index (κ2) is 6.72. The summed E-state index contributed by atoms with van der Waals surface area (Å²) in [6.07, 6.45) is 2.54. The molecule has 0 aliphatic carbocycles. The number of rotatable bonds is 6. The molecule has 1 atom stereocenters. The molecule has 0 radical (unpaired) electrons. The van der Waals surface area contributed by atoms with Gasteiger partial charge in [0.25, 0.3) is 0 Å². The Labute approximate surface area is 127 Å². The van der Waals surface area contributed by atoms with Crippen LogP contribution < -0.4 is 10.0 Å². The molecule has 1 aliphatic heterocycles. The van der Waals surface area contributed by atoms with Gasteiger partial charge in [-0.25, -0.2) is 18.1 Å². The van der Waals surface area contributed by atoms with Crippen molar-refractivity contribution in [3.05, 3.63) is 18.3 Å². The Balaban J connectivity index is 1.95. The van der Waals surface area contributed by atoms with E-state index < -0.39 is 10.0 Å². The van der Waals surface area contributed by atoms with Crippen molar-refractivity contribution in [1.29, 1.82) is 0 Å². The molecule has 1 saturated heterocycles. The predicted octanol–water partition coefficient (Wildman–Crippen LogP) is 1.13. The standard InChI is InChI=1S/C14H24N4O2S/c1-11(2)18-7-5-12(10-18)9-17-21(19,20)13-4-6-16-14(8-13)15-3/h4,6,8,11-12,17H,5,7,9-10H2,1-3H3,(H,15,16). The van der Waals surface area contributed by atoms with Crippen molar-refractivity contribution in [2.45, 2.75) is 31.2 Å². The largest absolute Gasteiger partial charge is 0.373 e. The monoisotopic (exact) mass is 312 g/mol. The van der Waals surface area contributed by atoms with E-state index in [0.29, 0.717) is 24.3 Å². The van der Waals surface area contributed by atoms with Gasteiger partial charge in [-0.2, -0.15) is 0 Å². The van der Waals surface area contributed by atoms with Gasteiger partial charge < -0.3 is 10.2 Å². The summed E-state index contributed by atoms with van der Waals surface area (Å²) >= 11 is 0. The lowest BCUT2D eigenvalue weighted by atomic mass is 10.1. The van der Waals surface area contributed by atoms with Crippen LogP contribution in [0.2, 0.25) is 0 Å². The molecule has 118 valence electrons. The fourth-order valence-electron chi connectivity index (χ4n) is 2.52. The summed E-state index contributed by atoms with van der Waals surface area (Å²) in [6, 6.07) is 3.57. The maximum absolute atomic E-state index is 12.3. The van der Waals surface area contributed by atoms with Gasteiger partial charge in [0, 0.05) is 38.4 Å². The highest BCUT2D eigenvalue weighted by atomic mass is 32.2. The molecule has 0 saturated carbocycles. The SMILES string of the molecule is CNc1cc(S(=O)(=O)NCC2CCN(C(C)C)C2)ccn1. The van der Waals surface area contributed by atoms with Crippen LogP contribution in [0.25, 0.3) is 0 Å². The van der Waals surface area contributed by atoms with Crippen LogP contribution in [0, 0.1) is 5.92 Å². The molecule has 1 fully saturated rings. The van der Waals surface area contributed by atoms with Gasteiger partial charge in [0.05, 0.1) is 4.90 Å². The number of hydrogen-bond acceptors (Lipinski definition) is 5. The molecule has 2 N–H and O–H groups in total. The lowest BCUT2D eigenvalue weighted by molar-refractivity contribution is 0.265. The second-order valence-electron chi connectivity index (χ2n) is 5.72. The summed E-state index contributed by atoms with van der Waals surface area (Å²) in [4.78, 5) is 6.66. The fourth-order valence-corrected chi connectivity index (χ4v) is 3.65. The van der Waals surface area contributed by atoms with Crippen molar-refractivity contribution in [3.8, 4) is 0 Å². The molecule has 1 aromatic heterocycles. The molecule has 2 rings (SSSR count). The average Bonchev–Trinajstić information content (AvgIpc) is 2.94. The Morgan fingerprint density at radius 1 is 1.48 bits per heavy atom. The van der Waals surface area contributed by atoms with E-state index in [0.717, 1.165) is 19.5 Å². The smallest absolute Gasteiger partial charge is 0.240 e. The zero-order chi connectivity index (χ0) is 15.5. The number of hydrogen-bond donors (Lipinski definition) is 2. The number of nitrogens with one attached hydrogen (secondary N) is 2. The zero-order valence-corrected chi connectivity index (χ0v) is 13.7. The number of anilines is 1. The molecule has 0 bridgehead atoms. The molecular formula is C14H24N4O2S. The molecular weight excluding hydrogens is 288 g/mol. The Morgan fingerprint density at radius 2 is 2.24 bits per heavy atom.